The van der Waals surface area contributed by atoms with Crippen LogP contribution in [0, 0.1) is 11.2 Å². The van der Waals surface area contributed by atoms with Gasteiger partial charge in [0.2, 0.25) is 11.9 Å². The third-order valence-electron chi connectivity index (χ3n) is 5.73. The summed E-state index contributed by atoms with van der Waals surface area (Å²) in [6.45, 7) is 7.04. The molecule has 0 bridgehead atoms. The van der Waals surface area contributed by atoms with E-state index >= 15 is 0 Å². The number of nitrogens with zero attached hydrogens (tertiary/aromatic N) is 4. The van der Waals surface area contributed by atoms with Crippen molar-refractivity contribution in [3.05, 3.63) is 70.5 Å². The van der Waals surface area contributed by atoms with Gasteiger partial charge in [-0.1, -0.05) is 32.9 Å². The number of hydrogen-bond donors (Lipinski definition) is 1. The fraction of sp³-hybridized carbons (Fsp3) is 0.360. The van der Waals surface area contributed by atoms with Crippen molar-refractivity contribution in [2.75, 3.05) is 29.9 Å². The molecular weight excluding hydrogens is 437 g/mol. The highest BCUT2D eigenvalue weighted by atomic mass is 19.1. The normalized spacial score (nSPS) is 16.4. The molecule has 1 amide bonds. The summed E-state index contributed by atoms with van der Waals surface area (Å²) in [6, 6.07) is 10.4. The molecule has 178 valence electrons. The molecule has 34 heavy (non-hydrogen) atoms. The van der Waals surface area contributed by atoms with Crippen LogP contribution in [-0.4, -0.2) is 40.1 Å². The summed E-state index contributed by atoms with van der Waals surface area (Å²) >= 11 is 0. The monoisotopic (exact) mass is 465 g/mol. The summed E-state index contributed by atoms with van der Waals surface area (Å²) < 4.78 is 21.7. The van der Waals surface area contributed by atoms with Gasteiger partial charge in [0.25, 0.3) is 5.56 Å². The molecule has 2 aromatic heterocycles. The number of pyridine rings is 1. The predicted octanol–water partition coefficient (Wildman–Crippen LogP) is 3.54. The smallest absolute Gasteiger partial charge is 0.255 e. The first kappa shape index (κ1) is 23.6. The Morgan fingerprint density at radius 3 is 2.62 bits per heavy atom. The Balaban J connectivity index is 1.56. The first-order chi connectivity index (χ1) is 16.1. The van der Waals surface area contributed by atoms with Gasteiger partial charge in [-0.3, -0.25) is 19.1 Å². The third-order valence-corrected chi connectivity index (χ3v) is 5.73. The van der Waals surface area contributed by atoms with E-state index in [0.717, 1.165) is 11.8 Å². The lowest BCUT2D eigenvalue weighted by molar-refractivity contribution is -0.123. The molecule has 3 heterocycles. The Hall–Kier alpha value is -3.59. The van der Waals surface area contributed by atoms with Crippen LogP contribution in [0.2, 0.25) is 0 Å². The Bertz CT molecular complexity index is 1250. The van der Waals surface area contributed by atoms with Gasteiger partial charge in [-0.15, -0.1) is 0 Å². The highest BCUT2D eigenvalue weighted by Gasteiger charge is 2.26. The van der Waals surface area contributed by atoms with Gasteiger partial charge in [0.05, 0.1) is 25.0 Å². The largest absolute Gasteiger partial charge is 0.370 e. The first-order valence-corrected chi connectivity index (χ1v) is 11.1. The van der Waals surface area contributed by atoms with Gasteiger partial charge in [0.1, 0.15) is 6.10 Å². The molecule has 4 rings (SSSR count). The van der Waals surface area contributed by atoms with Gasteiger partial charge in [-0.2, -0.15) is 0 Å². The molecule has 0 aliphatic carbocycles. The summed E-state index contributed by atoms with van der Waals surface area (Å²) in [6.07, 6.45) is 2.32. The fourth-order valence-electron chi connectivity index (χ4n) is 3.66. The van der Waals surface area contributed by atoms with Gasteiger partial charge < -0.3 is 15.0 Å². The van der Waals surface area contributed by atoms with Crippen molar-refractivity contribution in [1.82, 2.24) is 14.5 Å². The van der Waals surface area contributed by atoms with Crippen LogP contribution in [0.1, 0.15) is 32.4 Å². The number of aromatic nitrogens is 3. The molecule has 1 unspecified atom stereocenters. The summed E-state index contributed by atoms with van der Waals surface area (Å²) in [7, 11) is 1.65. The number of anilines is 2. The van der Waals surface area contributed by atoms with E-state index in [1.807, 2.05) is 49.9 Å². The second-order valence-electron chi connectivity index (χ2n) is 9.33. The molecule has 1 saturated heterocycles. The molecule has 8 nitrogen and oxygen atoms in total. The minimum Gasteiger partial charge on any atom is -0.370 e. The van der Waals surface area contributed by atoms with Gasteiger partial charge in [0.15, 0.2) is 5.82 Å². The molecule has 3 aromatic rings. The number of rotatable bonds is 4. The zero-order valence-corrected chi connectivity index (χ0v) is 19.7. The molecule has 1 aromatic carbocycles. The van der Waals surface area contributed by atoms with Crippen LogP contribution in [-0.2, 0) is 16.6 Å². The Morgan fingerprint density at radius 1 is 1.21 bits per heavy atom. The lowest BCUT2D eigenvalue weighted by Gasteiger charge is -2.34. The van der Waals surface area contributed by atoms with E-state index in [2.05, 4.69) is 15.3 Å². The van der Waals surface area contributed by atoms with E-state index in [4.69, 9.17) is 4.74 Å². The number of hydrogen-bond acceptors (Lipinski definition) is 6. The molecule has 1 N–H and O–H groups in total. The van der Waals surface area contributed by atoms with Crippen molar-refractivity contribution >= 4 is 17.5 Å². The van der Waals surface area contributed by atoms with Crippen molar-refractivity contribution in [2.24, 2.45) is 12.5 Å². The van der Waals surface area contributed by atoms with E-state index < -0.39 is 11.2 Å². The summed E-state index contributed by atoms with van der Waals surface area (Å²) in [5.41, 5.74) is 1.39. The zero-order valence-electron chi connectivity index (χ0n) is 19.7. The molecule has 1 aliphatic rings. The molecule has 1 aliphatic heterocycles. The number of benzene rings is 1. The van der Waals surface area contributed by atoms with Crippen LogP contribution in [0.15, 0.2) is 53.6 Å². The molecule has 1 fully saturated rings. The minimum atomic E-state index is -0.535. The maximum absolute atomic E-state index is 14.3. The zero-order chi connectivity index (χ0) is 24.5. The lowest BCUT2D eigenvalue weighted by Crippen LogP contribution is -2.41. The van der Waals surface area contributed by atoms with Crippen molar-refractivity contribution < 1.29 is 13.9 Å². The fourth-order valence-corrected chi connectivity index (χ4v) is 3.66. The minimum absolute atomic E-state index is 0.0575. The van der Waals surface area contributed by atoms with Crippen molar-refractivity contribution in [1.29, 1.82) is 0 Å². The molecule has 0 radical (unpaired) electrons. The number of ether oxygens (including phenoxy) is 1. The SMILES string of the molecule is Cn1c(N2CCOC(c3ccc(NC(=O)C(C)(C)C)cc3)C2)nc(-c2ccncc2F)cc1=O. The van der Waals surface area contributed by atoms with E-state index in [1.165, 1.54) is 22.9 Å². The second kappa shape index (κ2) is 9.34. The van der Waals surface area contributed by atoms with Gasteiger partial charge >= 0.3 is 0 Å². The summed E-state index contributed by atoms with van der Waals surface area (Å²) in [5.74, 6) is -0.147. The van der Waals surface area contributed by atoms with Crippen molar-refractivity contribution in [3.8, 4) is 11.3 Å². The van der Waals surface area contributed by atoms with Gasteiger partial charge in [0, 0.05) is 42.5 Å². The van der Waals surface area contributed by atoms with Crippen molar-refractivity contribution in [2.45, 2.75) is 26.9 Å². The topological polar surface area (TPSA) is 89.3 Å². The first-order valence-electron chi connectivity index (χ1n) is 11.1. The number of amides is 1. The van der Waals surface area contributed by atoms with E-state index in [0.29, 0.717) is 31.3 Å². The van der Waals surface area contributed by atoms with Crippen molar-refractivity contribution in [3.63, 3.8) is 0 Å². The predicted molar refractivity (Wildman–Crippen MR) is 128 cm³/mol. The average molecular weight is 466 g/mol. The third kappa shape index (κ3) is 4.99. The van der Waals surface area contributed by atoms with E-state index in [1.54, 1.807) is 7.05 Å². The molecule has 0 saturated carbocycles. The average Bonchev–Trinajstić information content (AvgIpc) is 2.81. The number of halogens is 1. The maximum atomic E-state index is 14.3. The standard InChI is InChI=1S/C25H28FN5O3/c1-25(2,3)23(33)28-17-7-5-16(6-8-17)21-15-31(11-12-34-21)24-29-20(13-22(32)30(24)4)18-9-10-27-14-19(18)26/h5-10,13-14,21H,11-12,15H2,1-4H3,(H,28,33). The highest BCUT2D eigenvalue weighted by molar-refractivity contribution is 5.94. The van der Waals surface area contributed by atoms with Crippen LogP contribution in [0.3, 0.4) is 0 Å². The Morgan fingerprint density at radius 2 is 1.94 bits per heavy atom. The van der Waals surface area contributed by atoms with Gasteiger partial charge in [-0.25, -0.2) is 9.37 Å². The Labute approximate surface area is 197 Å². The Kier molecular flexibility index (Phi) is 6.47. The number of carbonyl (C=O) groups excluding carboxylic acids is 1. The van der Waals surface area contributed by atoms with E-state index in [9.17, 15) is 14.0 Å². The summed E-state index contributed by atoms with van der Waals surface area (Å²) in [5, 5.41) is 2.91. The number of nitrogens with one attached hydrogen (secondary N) is 1. The maximum Gasteiger partial charge on any atom is 0.255 e. The molecule has 9 heteroatoms. The molecule has 1 atom stereocenters. The second-order valence-corrected chi connectivity index (χ2v) is 9.33. The van der Waals surface area contributed by atoms with Crippen LogP contribution in [0.25, 0.3) is 11.3 Å². The van der Waals surface area contributed by atoms with Crippen LogP contribution in [0.4, 0.5) is 16.0 Å². The number of carbonyl (C=O) groups is 1. The van der Waals surface area contributed by atoms with Crippen LogP contribution in [0.5, 0.6) is 0 Å². The molecular formula is C25H28FN5O3. The highest BCUT2D eigenvalue weighted by Crippen LogP contribution is 2.28. The quantitative estimate of drug-likeness (QED) is 0.634. The van der Waals surface area contributed by atoms with Crippen LogP contribution < -0.4 is 15.8 Å². The van der Waals surface area contributed by atoms with E-state index in [-0.39, 0.29) is 28.8 Å². The number of morpholine rings is 1. The molecule has 0 spiro atoms. The van der Waals surface area contributed by atoms with Crippen LogP contribution >= 0.6 is 0 Å². The lowest BCUT2D eigenvalue weighted by atomic mass is 9.95. The van der Waals surface area contributed by atoms with Gasteiger partial charge in [-0.05, 0) is 23.8 Å². The summed E-state index contributed by atoms with van der Waals surface area (Å²) in [4.78, 5) is 35.2.